The minimum atomic E-state index is -4.48. The van der Waals surface area contributed by atoms with Crippen molar-refractivity contribution in [2.45, 2.75) is 33.1 Å². The number of oxazole rings is 1. The molecule has 0 unspecified atom stereocenters. The summed E-state index contributed by atoms with van der Waals surface area (Å²) in [5, 5.41) is 11.6. The highest BCUT2D eigenvalue weighted by Gasteiger charge is 2.31. The van der Waals surface area contributed by atoms with Crippen molar-refractivity contribution in [1.82, 2.24) is 35.0 Å². The molecule has 12 heteroatoms. The molecule has 3 aromatic rings. The summed E-state index contributed by atoms with van der Waals surface area (Å²) in [5.74, 6) is 0.834. The van der Waals surface area contributed by atoms with E-state index >= 15 is 0 Å². The molecule has 0 spiro atoms. The summed E-state index contributed by atoms with van der Waals surface area (Å²) in [5.41, 5.74) is 0.894. The molecule has 0 radical (unpaired) electrons. The van der Waals surface area contributed by atoms with Crippen LogP contribution < -0.4 is 0 Å². The number of aromatic nitrogens is 5. The zero-order chi connectivity index (χ0) is 24.3. The normalized spacial score (nSPS) is 15.4. The van der Waals surface area contributed by atoms with Gasteiger partial charge < -0.3 is 9.32 Å². The standard InChI is InChI=1S/C22H24F3N7O2/c1-15-27-29-32(28-15)12-18-11-19(22(23,24)25)5-3-17(18)4-6-21(33)31-9-7-30(8-10-31)13-20-14-34-16(2)26-20/h3-6,11,14H,7-10,12-13H2,1-2H3. The molecule has 0 bridgehead atoms. The summed E-state index contributed by atoms with van der Waals surface area (Å²) >= 11 is 0. The zero-order valence-electron chi connectivity index (χ0n) is 18.8. The molecule has 0 atom stereocenters. The molecule has 1 aliphatic rings. The molecule has 2 aromatic heterocycles. The number of nitrogens with zero attached hydrogens (tertiary/aromatic N) is 7. The van der Waals surface area contributed by atoms with Gasteiger partial charge in [0, 0.05) is 45.7 Å². The Morgan fingerprint density at radius 3 is 2.53 bits per heavy atom. The van der Waals surface area contributed by atoms with E-state index in [9.17, 15) is 18.0 Å². The Kier molecular flexibility index (Phi) is 6.77. The highest BCUT2D eigenvalue weighted by Crippen LogP contribution is 2.31. The summed E-state index contributed by atoms with van der Waals surface area (Å²) in [7, 11) is 0. The van der Waals surface area contributed by atoms with Gasteiger partial charge in [-0.05, 0) is 41.5 Å². The second-order valence-electron chi connectivity index (χ2n) is 8.07. The van der Waals surface area contributed by atoms with Crippen LogP contribution in [0, 0.1) is 13.8 Å². The van der Waals surface area contributed by atoms with Gasteiger partial charge in [-0.1, -0.05) is 6.07 Å². The number of benzene rings is 1. The van der Waals surface area contributed by atoms with E-state index in [4.69, 9.17) is 4.42 Å². The molecule has 1 amide bonds. The van der Waals surface area contributed by atoms with Crippen LogP contribution in [0.15, 0.2) is 35.0 Å². The lowest BCUT2D eigenvalue weighted by molar-refractivity contribution is -0.137. The average Bonchev–Trinajstić information content (AvgIpc) is 3.39. The topological polar surface area (TPSA) is 93.2 Å². The van der Waals surface area contributed by atoms with Crippen LogP contribution in [0.2, 0.25) is 0 Å². The van der Waals surface area contributed by atoms with E-state index in [-0.39, 0.29) is 12.5 Å². The van der Waals surface area contributed by atoms with Gasteiger partial charge in [-0.25, -0.2) is 4.98 Å². The number of carbonyl (C=O) groups excluding carboxylic acids is 1. The number of halogens is 3. The van der Waals surface area contributed by atoms with Gasteiger partial charge in [-0.2, -0.15) is 18.0 Å². The Morgan fingerprint density at radius 2 is 1.91 bits per heavy atom. The summed E-state index contributed by atoms with van der Waals surface area (Å²) in [4.78, 5) is 22.1. The van der Waals surface area contributed by atoms with Crippen LogP contribution in [0.25, 0.3) is 6.08 Å². The summed E-state index contributed by atoms with van der Waals surface area (Å²) in [6.45, 7) is 6.55. The van der Waals surface area contributed by atoms with Crippen molar-refractivity contribution in [2.75, 3.05) is 26.2 Å². The molecule has 1 aliphatic heterocycles. The van der Waals surface area contributed by atoms with E-state index in [1.165, 1.54) is 23.0 Å². The molecule has 9 nitrogen and oxygen atoms in total. The number of alkyl halides is 3. The Bertz CT molecular complexity index is 1180. The van der Waals surface area contributed by atoms with Crippen LogP contribution >= 0.6 is 0 Å². The maximum absolute atomic E-state index is 13.2. The second kappa shape index (κ2) is 9.75. The molecular weight excluding hydrogens is 451 g/mol. The Morgan fingerprint density at radius 1 is 1.15 bits per heavy atom. The van der Waals surface area contributed by atoms with E-state index in [0.717, 1.165) is 17.8 Å². The lowest BCUT2D eigenvalue weighted by Gasteiger charge is -2.33. The minimum Gasteiger partial charge on any atom is -0.449 e. The first-order chi connectivity index (χ1) is 16.2. The van der Waals surface area contributed by atoms with E-state index in [2.05, 4.69) is 25.3 Å². The number of rotatable bonds is 6. The third-order valence-corrected chi connectivity index (χ3v) is 5.48. The molecule has 180 valence electrons. The van der Waals surface area contributed by atoms with Crippen LogP contribution in [0.1, 0.15) is 34.1 Å². The fourth-order valence-corrected chi connectivity index (χ4v) is 3.73. The smallest absolute Gasteiger partial charge is 0.416 e. The van der Waals surface area contributed by atoms with Crippen molar-refractivity contribution >= 4 is 12.0 Å². The van der Waals surface area contributed by atoms with E-state index in [1.807, 2.05) is 0 Å². The summed E-state index contributed by atoms with van der Waals surface area (Å²) < 4.78 is 44.9. The highest BCUT2D eigenvalue weighted by molar-refractivity contribution is 5.92. The predicted octanol–water partition coefficient (Wildman–Crippen LogP) is 2.70. The second-order valence-corrected chi connectivity index (χ2v) is 8.07. The van der Waals surface area contributed by atoms with Gasteiger partial charge >= 0.3 is 6.18 Å². The van der Waals surface area contributed by atoms with Crippen LogP contribution in [-0.4, -0.2) is 67.1 Å². The number of carbonyl (C=O) groups is 1. The van der Waals surface area contributed by atoms with Gasteiger partial charge in [0.1, 0.15) is 6.26 Å². The van der Waals surface area contributed by atoms with Gasteiger partial charge in [-0.15, -0.1) is 10.2 Å². The first-order valence-electron chi connectivity index (χ1n) is 10.7. The van der Waals surface area contributed by atoms with Gasteiger partial charge in [0.25, 0.3) is 0 Å². The molecule has 1 saturated heterocycles. The highest BCUT2D eigenvalue weighted by atomic mass is 19.4. The number of tetrazole rings is 1. The number of hydrogen-bond acceptors (Lipinski definition) is 7. The number of hydrogen-bond donors (Lipinski definition) is 0. The van der Waals surface area contributed by atoms with E-state index in [0.29, 0.717) is 55.6 Å². The van der Waals surface area contributed by atoms with Crippen molar-refractivity contribution in [1.29, 1.82) is 0 Å². The molecule has 1 fully saturated rings. The van der Waals surface area contributed by atoms with Gasteiger partial charge in [0.15, 0.2) is 11.7 Å². The van der Waals surface area contributed by atoms with Gasteiger partial charge in [0.2, 0.25) is 5.91 Å². The Labute approximate surface area is 193 Å². The molecule has 34 heavy (non-hydrogen) atoms. The molecule has 0 saturated carbocycles. The van der Waals surface area contributed by atoms with E-state index in [1.54, 1.807) is 25.0 Å². The fourth-order valence-electron chi connectivity index (χ4n) is 3.73. The average molecular weight is 475 g/mol. The molecular formula is C22H24F3N7O2. The maximum atomic E-state index is 13.2. The molecule has 0 aliphatic carbocycles. The third kappa shape index (κ3) is 5.87. The molecule has 4 rings (SSSR count). The van der Waals surface area contributed by atoms with Crippen molar-refractivity contribution < 1.29 is 22.4 Å². The van der Waals surface area contributed by atoms with Crippen molar-refractivity contribution in [3.05, 3.63) is 64.6 Å². The van der Waals surface area contributed by atoms with Crippen molar-refractivity contribution in [3.8, 4) is 0 Å². The third-order valence-electron chi connectivity index (χ3n) is 5.48. The van der Waals surface area contributed by atoms with Gasteiger partial charge in [-0.3, -0.25) is 9.69 Å². The molecule has 1 aromatic carbocycles. The molecule has 0 N–H and O–H groups in total. The van der Waals surface area contributed by atoms with Crippen molar-refractivity contribution in [2.24, 2.45) is 0 Å². The van der Waals surface area contributed by atoms with Crippen LogP contribution in [0.5, 0.6) is 0 Å². The lowest BCUT2D eigenvalue weighted by atomic mass is 10.0. The number of aryl methyl sites for hydroxylation is 2. The van der Waals surface area contributed by atoms with Crippen LogP contribution in [-0.2, 0) is 24.1 Å². The SMILES string of the molecule is Cc1nnn(Cc2cc(C(F)(F)F)ccc2C=CC(=O)N2CCN(Cc3coc(C)n3)CC2)n1. The first kappa shape index (κ1) is 23.6. The minimum absolute atomic E-state index is 0.00117. The van der Waals surface area contributed by atoms with Crippen LogP contribution in [0.3, 0.4) is 0 Å². The van der Waals surface area contributed by atoms with Crippen LogP contribution in [0.4, 0.5) is 13.2 Å². The zero-order valence-corrected chi connectivity index (χ0v) is 18.8. The number of piperazine rings is 1. The first-order valence-corrected chi connectivity index (χ1v) is 10.7. The molecule has 3 heterocycles. The summed E-state index contributed by atoms with van der Waals surface area (Å²) in [6, 6.07) is 3.40. The van der Waals surface area contributed by atoms with Crippen molar-refractivity contribution in [3.63, 3.8) is 0 Å². The maximum Gasteiger partial charge on any atom is 0.416 e. The quantitative estimate of drug-likeness (QED) is 0.506. The Hall–Kier alpha value is -3.54. The monoisotopic (exact) mass is 475 g/mol. The van der Waals surface area contributed by atoms with E-state index < -0.39 is 11.7 Å². The largest absolute Gasteiger partial charge is 0.449 e. The fraction of sp³-hybridized carbons (Fsp3) is 0.409. The summed E-state index contributed by atoms with van der Waals surface area (Å²) in [6.07, 6.45) is 0.0746. The Balaban J connectivity index is 1.42. The number of amides is 1. The lowest BCUT2D eigenvalue weighted by Crippen LogP contribution is -2.47. The predicted molar refractivity (Wildman–Crippen MR) is 115 cm³/mol. The van der Waals surface area contributed by atoms with Gasteiger partial charge in [0.05, 0.1) is 17.8 Å².